The first-order chi connectivity index (χ1) is 13.2. The molecule has 0 spiro atoms. The third kappa shape index (κ3) is 2.96. The summed E-state index contributed by atoms with van der Waals surface area (Å²) in [6.45, 7) is 3.95. The highest BCUT2D eigenvalue weighted by Crippen LogP contribution is 2.67. The van der Waals surface area contributed by atoms with Crippen LogP contribution in [0.2, 0.25) is 5.02 Å². The summed E-state index contributed by atoms with van der Waals surface area (Å²) in [6.07, 6.45) is -0.538. The maximum atomic E-state index is 12.7. The van der Waals surface area contributed by atoms with Crippen LogP contribution in [0.1, 0.15) is 25.8 Å². The maximum absolute atomic E-state index is 12.7. The Morgan fingerprint density at radius 1 is 1.39 bits per heavy atom. The molecule has 1 aromatic carbocycles. The largest absolute Gasteiger partial charge is 0.493 e. The van der Waals surface area contributed by atoms with Crippen LogP contribution in [0.15, 0.2) is 41.9 Å². The molecule has 0 radical (unpaired) electrons. The Bertz CT molecular complexity index is 892. The van der Waals surface area contributed by atoms with Crippen LogP contribution in [0, 0.1) is 17.3 Å². The van der Waals surface area contributed by atoms with Gasteiger partial charge in [0.1, 0.15) is 28.8 Å². The van der Waals surface area contributed by atoms with Gasteiger partial charge in [-0.1, -0.05) is 11.6 Å². The number of carbonyl (C=O) groups excluding carboxylic acids is 1. The highest BCUT2D eigenvalue weighted by Gasteiger charge is 2.76. The van der Waals surface area contributed by atoms with Gasteiger partial charge in [0.2, 0.25) is 0 Å². The van der Waals surface area contributed by atoms with E-state index in [4.69, 9.17) is 25.8 Å². The SMILES string of the molecule is CCOC(=O)[C@]1(C)[C@@H]2OC3=CC(Oc4ccc(C(F)(F)F)cc4Cl)=CCC3[C@@H]21. The molecular weight excluding hydrogens is 397 g/mol. The Morgan fingerprint density at radius 2 is 2.14 bits per heavy atom. The second kappa shape index (κ2) is 6.44. The number of carbonyl (C=O) groups is 1. The lowest BCUT2D eigenvalue weighted by Crippen LogP contribution is -2.26. The number of rotatable bonds is 4. The summed E-state index contributed by atoms with van der Waals surface area (Å²) in [5.74, 6) is 1.19. The molecule has 1 saturated heterocycles. The summed E-state index contributed by atoms with van der Waals surface area (Å²) in [5, 5.41) is -0.124. The Hall–Kier alpha value is -2.15. The van der Waals surface area contributed by atoms with Crippen molar-refractivity contribution in [1.29, 1.82) is 0 Å². The van der Waals surface area contributed by atoms with Crippen LogP contribution in [0.25, 0.3) is 0 Å². The van der Waals surface area contributed by atoms with Crippen molar-refractivity contribution < 1.29 is 32.2 Å². The lowest BCUT2D eigenvalue weighted by atomic mass is 9.88. The zero-order valence-corrected chi connectivity index (χ0v) is 15.9. The number of fused-ring (bicyclic) bond motifs is 3. The number of allylic oxidation sites excluding steroid dienone is 3. The van der Waals surface area contributed by atoms with Gasteiger partial charge in [0.05, 0.1) is 17.2 Å². The normalized spacial score (nSPS) is 30.4. The van der Waals surface area contributed by atoms with Gasteiger partial charge < -0.3 is 14.2 Å². The van der Waals surface area contributed by atoms with E-state index in [9.17, 15) is 18.0 Å². The van der Waals surface area contributed by atoms with E-state index in [2.05, 4.69) is 0 Å². The van der Waals surface area contributed by atoms with Gasteiger partial charge in [-0.15, -0.1) is 0 Å². The molecule has 1 aromatic rings. The highest BCUT2D eigenvalue weighted by atomic mass is 35.5. The number of ether oxygens (including phenoxy) is 3. The van der Waals surface area contributed by atoms with Crippen molar-refractivity contribution in [1.82, 2.24) is 0 Å². The Kier molecular flexibility index (Phi) is 4.41. The third-order valence-electron chi connectivity index (χ3n) is 5.62. The van der Waals surface area contributed by atoms with E-state index in [0.29, 0.717) is 18.8 Å². The van der Waals surface area contributed by atoms with Gasteiger partial charge in [-0.05, 0) is 44.5 Å². The van der Waals surface area contributed by atoms with Crippen molar-refractivity contribution in [3.8, 4) is 5.75 Å². The first-order valence-electron chi connectivity index (χ1n) is 8.96. The molecule has 4 rings (SSSR count). The molecule has 3 aliphatic rings. The molecule has 0 N–H and O–H groups in total. The van der Waals surface area contributed by atoms with Crippen molar-refractivity contribution in [2.75, 3.05) is 6.61 Å². The molecule has 28 heavy (non-hydrogen) atoms. The van der Waals surface area contributed by atoms with Crippen LogP contribution >= 0.6 is 11.6 Å². The van der Waals surface area contributed by atoms with Gasteiger partial charge in [0.25, 0.3) is 0 Å². The van der Waals surface area contributed by atoms with E-state index >= 15 is 0 Å². The monoisotopic (exact) mass is 414 g/mol. The third-order valence-corrected chi connectivity index (χ3v) is 5.92. The number of esters is 1. The van der Waals surface area contributed by atoms with Crippen molar-refractivity contribution in [3.63, 3.8) is 0 Å². The summed E-state index contributed by atoms with van der Waals surface area (Å²) in [4.78, 5) is 12.2. The molecule has 2 aliphatic carbocycles. The zero-order valence-electron chi connectivity index (χ0n) is 15.2. The van der Waals surface area contributed by atoms with Crippen LogP contribution < -0.4 is 4.74 Å². The van der Waals surface area contributed by atoms with E-state index in [0.717, 1.165) is 17.9 Å². The molecule has 4 nitrogen and oxygen atoms in total. The second-order valence-corrected chi connectivity index (χ2v) is 7.72. The molecule has 0 bridgehead atoms. The Balaban J connectivity index is 1.46. The van der Waals surface area contributed by atoms with Crippen LogP contribution in [-0.2, 0) is 20.4 Å². The fourth-order valence-corrected chi connectivity index (χ4v) is 4.30. The average Bonchev–Trinajstić information content (AvgIpc) is 3.03. The van der Waals surface area contributed by atoms with E-state index in [1.807, 2.05) is 13.0 Å². The molecule has 1 saturated carbocycles. The van der Waals surface area contributed by atoms with Crippen LogP contribution in [0.5, 0.6) is 5.75 Å². The number of alkyl halides is 3. The molecule has 4 atom stereocenters. The van der Waals surface area contributed by atoms with Crippen molar-refractivity contribution in [2.45, 2.75) is 32.5 Å². The summed E-state index contributed by atoms with van der Waals surface area (Å²) >= 11 is 5.94. The predicted octanol–water partition coefficient (Wildman–Crippen LogP) is 5.12. The molecule has 0 aromatic heterocycles. The van der Waals surface area contributed by atoms with Gasteiger partial charge in [-0.3, -0.25) is 4.79 Å². The Morgan fingerprint density at radius 3 is 2.79 bits per heavy atom. The molecule has 1 unspecified atom stereocenters. The molecule has 2 fully saturated rings. The van der Waals surface area contributed by atoms with Crippen LogP contribution in [0.4, 0.5) is 13.2 Å². The maximum Gasteiger partial charge on any atom is 0.416 e. The second-order valence-electron chi connectivity index (χ2n) is 7.31. The predicted molar refractivity (Wildman–Crippen MR) is 94.5 cm³/mol. The van der Waals surface area contributed by atoms with E-state index < -0.39 is 17.2 Å². The van der Waals surface area contributed by atoms with Crippen molar-refractivity contribution in [2.24, 2.45) is 17.3 Å². The van der Waals surface area contributed by atoms with E-state index in [-0.39, 0.29) is 34.7 Å². The molecule has 1 heterocycles. The van der Waals surface area contributed by atoms with E-state index in [1.165, 1.54) is 6.07 Å². The topological polar surface area (TPSA) is 44.8 Å². The Labute approximate surface area is 164 Å². The first kappa shape index (κ1) is 19.2. The smallest absolute Gasteiger partial charge is 0.416 e. The summed E-state index contributed by atoms with van der Waals surface area (Å²) in [5.41, 5.74) is -1.46. The molecule has 8 heteroatoms. The molecule has 150 valence electrons. The minimum atomic E-state index is -4.47. The number of benzene rings is 1. The minimum absolute atomic E-state index is 0.0604. The van der Waals surface area contributed by atoms with E-state index in [1.54, 1.807) is 13.0 Å². The van der Waals surface area contributed by atoms with Gasteiger partial charge in [-0.2, -0.15) is 13.2 Å². The van der Waals surface area contributed by atoms with Crippen molar-refractivity contribution in [3.05, 3.63) is 52.5 Å². The number of halogens is 4. The van der Waals surface area contributed by atoms with Crippen LogP contribution in [-0.4, -0.2) is 18.7 Å². The lowest BCUT2D eigenvalue weighted by molar-refractivity contribution is -0.151. The molecular formula is C20H18ClF3O4. The number of hydrogen-bond acceptors (Lipinski definition) is 4. The van der Waals surface area contributed by atoms with Gasteiger partial charge in [0, 0.05) is 17.9 Å². The number of hydrogen-bond donors (Lipinski definition) is 0. The van der Waals surface area contributed by atoms with Gasteiger partial charge >= 0.3 is 12.1 Å². The lowest BCUT2D eigenvalue weighted by Gasteiger charge is -2.24. The van der Waals surface area contributed by atoms with Crippen molar-refractivity contribution >= 4 is 17.6 Å². The fourth-order valence-electron chi connectivity index (χ4n) is 4.08. The minimum Gasteiger partial charge on any atom is -0.493 e. The summed E-state index contributed by atoms with van der Waals surface area (Å²) in [7, 11) is 0. The molecule has 1 aliphatic heterocycles. The summed E-state index contributed by atoms with van der Waals surface area (Å²) < 4.78 is 55.0. The average molecular weight is 415 g/mol. The standard InChI is InChI=1S/C20H18ClF3O4/c1-3-26-18(25)19(2)16-12-6-5-11(9-15(12)28-17(16)19)27-14-7-4-10(8-13(14)21)20(22,23)24/h4-5,7-9,12,16-17H,3,6H2,1-2H3/t12?,16-,17+,19-/m0/s1. The fraction of sp³-hybridized carbons (Fsp3) is 0.450. The highest BCUT2D eigenvalue weighted by molar-refractivity contribution is 6.32. The van der Waals surface area contributed by atoms with Gasteiger partial charge in [-0.25, -0.2) is 0 Å². The van der Waals surface area contributed by atoms with Gasteiger partial charge in [0.15, 0.2) is 0 Å². The first-order valence-corrected chi connectivity index (χ1v) is 9.34. The molecule has 0 amide bonds. The summed E-state index contributed by atoms with van der Waals surface area (Å²) in [6, 6.07) is 2.95. The zero-order chi connectivity index (χ0) is 20.3. The quantitative estimate of drug-likeness (QED) is 0.641. The van der Waals surface area contributed by atoms with Crippen LogP contribution in [0.3, 0.4) is 0 Å².